The van der Waals surface area contributed by atoms with Crippen LogP contribution in [0.3, 0.4) is 0 Å². The summed E-state index contributed by atoms with van der Waals surface area (Å²) < 4.78 is 32.5. The maximum Gasteiger partial charge on any atom is 0.227 e. The van der Waals surface area contributed by atoms with E-state index in [-0.39, 0.29) is 5.91 Å². The Labute approximate surface area is 178 Å². The molecule has 0 spiro atoms. The lowest BCUT2D eigenvalue weighted by atomic mass is 9.74. The second-order valence-corrected chi connectivity index (χ2v) is 8.69. The van der Waals surface area contributed by atoms with Gasteiger partial charge in [0.05, 0.1) is 12.0 Å². The van der Waals surface area contributed by atoms with E-state index in [9.17, 15) is 13.6 Å². The predicted octanol–water partition coefficient (Wildman–Crippen LogP) is 5.35. The summed E-state index contributed by atoms with van der Waals surface area (Å²) in [6, 6.07) is 15.6. The van der Waals surface area contributed by atoms with E-state index in [1.165, 1.54) is 6.07 Å². The van der Waals surface area contributed by atoms with E-state index < -0.39 is 17.0 Å². The van der Waals surface area contributed by atoms with Gasteiger partial charge in [0.25, 0.3) is 0 Å². The van der Waals surface area contributed by atoms with E-state index in [4.69, 9.17) is 4.74 Å². The van der Waals surface area contributed by atoms with Crippen molar-refractivity contribution < 1.29 is 18.3 Å². The van der Waals surface area contributed by atoms with Crippen LogP contribution in [0.1, 0.15) is 23.3 Å². The van der Waals surface area contributed by atoms with E-state index in [2.05, 4.69) is 5.32 Å². The molecule has 156 valence electrons. The minimum Gasteiger partial charge on any atom is -0.381 e. The van der Waals surface area contributed by atoms with Gasteiger partial charge >= 0.3 is 0 Å². The molecule has 1 amide bonds. The van der Waals surface area contributed by atoms with Crippen molar-refractivity contribution in [1.29, 1.82) is 0 Å². The van der Waals surface area contributed by atoms with E-state index in [1.807, 2.05) is 41.8 Å². The van der Waals surface area contributed by atoms with E-state index in [0.717, 1.165) is 22.1 Å². The molecular weight excluding hydrogens is 404 g/mol. The third-order valence-corrected chi connectivity index (χ3v) is 6.53. The summed E-state index contributed by atoms with van der Waals surface area (Å²) in [6.45, 7) is 1.62. The monoisotopic (exact) mass is 427 g/mol. The molecule has 1 N–H and O–H groups in total. The molecule has 0 bridgehead atoms. The summed E-state index contributed by atoms with van der Waals surface area (Å²) in [5.74, 6) is -1.69. The van der Waals surface area contributed by atoms with Crippen LogP contribution in [0.25, 0.3) is 11.1 Å². The highest BCUT2D eigenvalue weighted by Gasteiger charge is 2.40. The molecule has 1 aliphatic heterocycles. The summed E-state index contributed by atoms with van der Waals surface area (Å²) in [4.78, 5) is 14.3. The highest BCUT2D eigenvalue weighted by atomic mass is 32.1. The molecule has 0 saturated carbocycles. The van der Waals surface area contributed by atoms with E-state index in [0.29, 0.717) is 44.6 Å². The van der Waals surface area contributed by atoms with E-state index in [1.54, 1.807) is 17.4 Å². The van der Waals surface area contributed by atoms with Gasteiger partial charge in [0.15, 0.2) is 11.6 Å². The standard InChI is InChI=1S/C24H23F2NO2S/c25-21-7-6-19(14-22(21)26)18-4-1-3-17(13-18)15-24(8-10-29-11-9-24)23(28)27-16-20-5-2-12-30-20/h1-7,12-14H,8-11,15-16H2,(H,27,28). The van der Waals surface area contributed by atoms with Crippen LogP contribution in [0.2, 0.25) is 0 Å². The quantitative estimate of drug-likeness (QED) is 0.576. The number of amides is 1. The molecule has 2 aromatic carbocycles. The second kappa shape index (κ2) is 9.06. The van der Waals surface area contributed by atoms with Crippen LogP contribution >= 0.6 is 11.3 Å². The first-order valence-electron chi connectivity index (χ1n) is 9.99. The largest absolute Gasteiger partial charge is 0.381 e. The van der Waals surface area contributed by atoms with Crippen LogP contribution in [0.15, 0.2) is 60.0 Å². The average molecular weight is 428 g/mol. The topological polar surface area (TPSA) is 38.3 Å². The zero-order chi connectivity index (χ0) is 21.0. The Bertz CT molecular complexity index is 1010. The van der Waals surface area contributed by atoms with Crippen LogP contribution < -0.4 is 5.32 Å². The van der Waals surface area contributed by atoms with Crippen molar-refractivity contribution in [2.24, 2.45) is 5.41 Å². The van der Waals surface area contributed by atoms with Gasteiger partial charge in [0.2, 0.25) is 5.91 Å². The summed E-state index contributed by atoms with van der Waals surface area (Å²) in [5.41, 5.74) is 1.86. The van der Waals surface area contributed by atoms with Crippen molar-refractivity contribution in [3.05, 3.63) is 82.1 Å². The van der Waals surface area contributed by atoms with Crippen LogP contribution in [0.4, 0.5) is 8.78 Å². The fourth-order valence-corrected chi connectivity index (χ4v) is 4.59. The molecule has 0 radical (unpaired) electrons. The number of hydrogen-bond acceptors (Lipinski definition) is 3. The number of thiophene rings is 1. The van der Waals surface area contributed by atoms with Crippen molar-refractivity contribution in [3.63, 3.8) is 0 Å². The van der Waals surface area contributed by atoms with Crippen LogP contribution in [-0.2, 0) is 22.5 Å². The maximum absolute atomic E-state index is 13.7. The molecule has 3 nitrogen and oxygen atoms in total. The Kier molecular flexibility index (Phi) is 6.25. The minimum atomic E-state index is -0.869. The number of carbonyl (C=O) groups is 1. The summed E-state index contributed by atoms with van der Waals surface area (Å²) in [6.07, 6.45) is 1.88. The molecule has 1 aliphatic rings. The van der Waals surface area contributed by atoms with Crippen LogP contribution in [0, 0.1) is 17.0 Å². The van der Waals surface area contributed by atoms with Crippen molar-refractivity contribution in [2.75, 3.05) is 13.2 Å². The van der Waals surface area contributed by atoms with Gasteiger partial charge < -0.3 is 10.1 Å². The molecular formula is C24H23F2NO2S. The second-order valence-electron chi connectivity index (χ2n) is 7.66. The summed E-state index contributed by atoms with van der Waals surface area (Å²) in [5, 5.41) is 5.10. The highest BCUT2D eigenvalue weighted by molar-refractivity contribution is 7.09. The zero-order valence-corrected chi connectivity index (χ0v) is 17.3. The number of ether oxygens (including phenoxy) is 1. The number of hydrogen-bond donors (Lipinski definition) is 1. The van der Waals surface area contributed by atoms with Crippen molar-refractivity contribution >= 4 is 17.2 Å². The number of halogens is 2. The maximum atomic E-state index is 13.7. The van der Waals surface area contributed by atoms with Crippen LogP contribution in [-0.4, -0.2) is 19.1 Å². The third-order valence-electron chi connectivity index (χ3n) is 5.66. The number of benzene rings is 2. The predicted molar refractivity (Wildman–Crippen MR) is 114 cm³/mol. The molecule has 1 fully saturated rings. The Morgan fingerprint density at radius 1 is 1.00 bits per heavy atom. The lowest BCUT2D eigenvalue weighted by Crippen LogP contribution is -2.45. The summed E-state index contributed by atoms with van der Waals surface area (Å²) in [7, 11) is 0. The van der Waals surface area contributed by atoms with Gasteiger partial charge in [0, 0.05) is 18.1 Å². The van der Waals surface area contributed by atoms with Gasteiger partial charge in [-0.1, -0.05) is 36.4 Å². The molecule has 30 heavy (non-hydrogen) atoms. The number of carbonyl (C=O) groups excluding carboxylic acids is 1. The normalized spacial score (nSPS) is 15.7. The highest BCUT2D eigenvalue weighted by Crippen LogP contribution is 2.36. The van der Waals surface area contributed by atoms with Gasteiger partial charge in [0.1, 0.15) is 0 Å². The Hall–Kier alpha value is -2.57. The minimum absolute atomic E-state index is 0.0393. The third kappa shape index (κ3) is 4.60. The van der Waals surface area contributed by atoms with Gasteiger partial charge in [-0.05, 0) is 59.5 Å². The fourth-order valence-electron chi connectivity index (χ4n) is 3.94. The first-order valence-corrected chi connectivity index (χ1v) is 10.9. The lowest BCUT2D eigenvalue weighted by Gasteiger charge is -2.36. The molecule has 1 saturated heterocycles. The average Bonchev–Trinajstić information content (AvgIpc) is 3.28. The Balaban J connectivity index is 1.55. The molecule has 0 unspecified atom stereocenters. The molecule has 0 atom stereocenters. The van der Waals surface area contributed by atoms with Gasteiger partial charge in [-0.2, -0.15) is 0 Å². The zero-order valence-electron chi connectivity index (χ0n) is 16.5. The van der Waals surface area contributed by atoms with Gasteiger partial charge in [-0.3, -0.25) is 4.79 Å². The molecule has 3 aromatic rings. The first-order chi connectivity index (χ1) is 14.6. The first kappa shape index (κ1) is 20.7. The molecule has 1 aromatic heterocycles. The van der Waals surface area contributed by atoms with Gasteiger partial charge in [-0.15, -0.1) is 11.3 Å². The number of nitrogens with one attached hydrogen (secondary N) is 1. The fraction of sp³-hybridized carbons (Fsp3) is 0.292. The lowest BCUT2D eigenvalue weighted by molar-refractivity contribution is -0.136. The van der Waals surface area contributed by atoms with Crippen LogP contribution in [0.5, 0.6) is 0 Å². The van der Waals surface area contributed by atoms with Crippen molar-refractivity contribution in [1.82, 2.24) is 5.32 Å². The van der Waals surface area contributed by atoms with Gasteiger partial charge in [-0.25, -0.2) is 8.78 Å². The molecule has 4 rings (SSSR count). The van der Waals surface area contributed by atoms with Crippen molar-refractivity contribution in [2.45, 2.75) is 25.8 Å². The molecule has 2 heterocycles. The smallest absolute Gasteiger partial charge is 0.227 e. The SMILES string of the molecule is O=C(NCc1cccs1)C1(Cc2cccc(-c3ccc(F)c(F)c3)c2)CCOCC1. The molecule has 0 aliphatic carbocycles. The van der Waals surface area contributed by atoms with Crippen molar-refractivity contribution in [3.8, 4) is 11.1 Å². The number of rotatable bonds is 6. The van der Waals surface area contributed by atoms with E-state index >= 15 is 0 Å². The Morgan fingerprint density at radius 3 is 2.53 bits per heavy atom. The molecule has 6 heteroatoms. The summed E-state index contributed by atoms with van der Waals surface area (Å²) >= 11 is 1.62. The Morgan fingerprint density at radius 2 is 1.80 bits per heavy atom.